The first-order chi connectivity index (χ1) is 8.81. The maximum atomic E-state index is 11.6. The molecule has 0 spiro atoms. The number of rotatable bonds is 6. The van der Waals surface area contributed by atoms with Gasteiger partial charge in [-0.05, 0) is 32.9 Å². The van der Waals surface area contributed by atoms with Crippen LogP contribution in [0.15, 0.2) is 22.8 Å². The fourth-order valence-electron chi connectivity index (χ4n) is 1.44. The Labute approximate surface area is 112 Å². The van der Waals surface area contributed by atoms with Crippen molar-refractivity contribution in [3.63, 3.8) is 0 Å². The number of carbonyl (C=O) groups excluding carboxylic acids is 2. The zero-order chi connectivity index (χ0) is 14.5. The lowest BCUT2D eigenvalue weighted by Crippen LogP contribution is -2.47. The smallest absolute Gasteiger partial charge is 0.315 e. The number of urea groups is 1. The van der Waals surface area contributed by atoms with Gasteiger partial charge in [-0.25, -0.2) is 4.79 Å². The molecule has 4 N–H and O–H groups in total. The average Bonchev–Trinajstić information content (AvgIpc) is 2.78. The highest BCUT2D eigenvalue weighted by molar-refractivity contribution is 5.81. The second-order valence-corrected chi connectivity index (χ2v) is 5.26. The summed E-state index contributed by atoms with van der Waals surface area (Å²) in [6.45, 7) is 5.44. The van der Waals surface area contributed by atoms with E-state index in [0.29, 0.717) is 6.42 Å². The summed E-state index contributed by atoms with van der Waals surface area (Å²) in [7, 11) is 0. The second-order valence-electron chi connectivity index (χ2n) is 5.26. The Kier molecular flexibility index (Phi) is 4.97. The van der Waals surface area contributed by atoms with Gasteiger partial charge < -0.3 is 20.8 Å². The van der Waals surface area contributed by atoms with Gasteiger partial charge in [-0.2, -0.15) is 0 Å². The number of nitrogens with one attached hydrogen (secondary N) is 2. The van der Waals surface area contributed by atoms with E-state index < -0.39 is 11.3 Å². The summed E-state index contributed by atoms with van der Waals surface area (Å²) >= 11 is 0. The minimum Gasteiger partial charge on any atom is -0.469 e. The fourth-order valence-corrected chi connectivity index (χ4v) is 1.44. The molecule has 19 heavy (non-hydrogen) atoms. The molecule has 0 aliphatic rings. The highest BCUT2D eigenvalue weighted by Crippen LogP contribution is 2.11. The number of primary amides is 1. The van der Waals surface area contributed by atoms with Gasteiger partial charge in [0.05, 0.1) is 11.7 Å². The molecule has 0 aliphatic heterocycles. The zero-order valence-corrected chi connectivity index (χ0v) is 11.5. The lowest BCUT2D eigenvalue weighted by atomic mass is 9.93. The number of hydrogen-bond donors (Lipinski definition) is 3. The number of furan rings is 1. The fraction of sp³-hybridized carbons (Fsp3) is 0.538. The van der Waals surface area contributed by atoms with E-state index in [1.54, 1.807) is 26.2 Å². The standard InChI is InChI=1S/C13H21N3O3/c1-9(7-10-5-4-6-19-10)16-12(18)15-8-13(2,3)11(14)17/h4-6,9H,7-8H2,1-3H3,(H2,14,17)(H2,15,16,18)/t9-/m0/s1. The van der Waals surface area contributed by atoms with Crippen molar-refractivity contribution in [3.8, 4) is 0 Å². The molecular weight excluding hydrogens is 246 g/mol. The Morgan fingerprint density at radius 2 is 2.16 bits per heavy atom. The molecule has 1 heterocycles. The molecule has 0 saturated carbocycles. The highest BCUT2D eigenvalue weighted by atomic mass is 16.3. The Hall–Kier alpha value is -1.98. The second kappa shape index (κ2) is 6.26. The molecule has 1 rings (SSSR count). The van der Waals surface area contributed by atoms with E-state index in [2.05, 4.69) is 10.6 Å². The Morgan fingerprint density at radius 1 is 1.47 bits per heavy atom. The quantitative estimate of drug-likeness (QED) is 0.717. The van der Waals surface area contributed by atoms with Crippen LogP contribution >= 0.6 is 0 Å². The lowest BCUT2D eigenvalue weighted by molar-refractivity contribution is -0.125. The van der Waals surface area contributed by atoms with Crippen LogP contribution in [0.25, 0.3) is 0 Å². The zero-order valence-electron chi connectivity index (χ0n) is 11.5. The monoisotopic (exact) mass is 267 g/mol. The number of carbonyl (C=O) groups is 2. The SMILES string of the molecule is C[C@@H](Cc1ccco1)NC(=O)NCC(C)(C)C(N)=O. The van der Waals surface area contributed by atoms with Crippen molar-refractivity contribution in [2.75, 3.05) is 6.54 Å². The van der Waals surface area contributed by atoms with Crippen LogP contribution in [-0.2, 0) is 11.2 Å². The van der Waals surface area contributed by atoms with E-state index >= 15 is 0 Å². The van der Waals surface area contributed by atoms with Crippen LogP contribution in [0.2, 0.25) is 0 Å². The summed E-state index contributed by atoms with van der Waals surface area (Å²) in [4.78, 5) is 22.8. The summed E-state index contributed by atoms with van der Waals surface area (Å²) in [5.41, 5.74) is 4.46. The predicted octanol–water partition coefficient (Wildman–Crippen LogP) is 1.02. The van der Waals surface area contributed by atoms with Crippen LogP contribution in [0, 0.1) is 5.41 Å². The van der Waals surface area contributed by atoms with E-state index in [0.717, 1.165) is 5.76 Å². The van der Waals surface area contributed by atoms with Crippen molar-refractivity contribution in [1.29, 1.82) is 0 Å². The molecule has 1 aromatic rings. The largest absolute Gasteiger partial charge is 0.469 e. The topological polar surface area (TPSA) is 97.4 Å². The van der Waals surface area contributed by atoms with E-state index in [4.69, 9.17) is 10.2 Å². The molecule has 0 saturated heterocycles. The third kappa shape index (κ3) is 5.03. The molecule has 3 amide bonds. The van der Waals surface area contributed by atoms with Crippen molar-refractivity contribution in [1.82, 2.24) is 10.6 Å². The molecule has 6 heteroatoms. The van der Waals surface area contributed by atoms with Crippen molar-refractivity contribution in [2.45, 2.75) is 33.2 Å². The minimum atomic E-state index is -0.762. The van der Waals surface area contributed by atoms with Crippen molar-refractivity contribution in [3.05, 3.63) is 24.2 Å². The molecule has 1 atom stereocenters. The van der Waals surface area contributed by atoms with Crippen LogP contribution in [0.4, 0.5) is 4.79 Å². The van der Waals surface area contributed by atoms with Gasteiger partial charge in [0, 0.05) is 19.0 Å². The van der Waals surface area contributed by atoms with Gasteiger partial charge in [0.1, 0.15) is 5.76 Å². The molecule has 0 fully saturated rings. The first-order valence-corrected chi connectivity index (χ1v) is 6.18. The van der Waals surface area contributed by atoms with Crippen LogP contribution < -0.4 is 16.4 Å². The number of nitrogens with two attached hydrogens (primary N) is 1. The molecule has 106 valence electrons. The van der Waals surface area contributed by atoms with Crippen LogP contribution in [0.5, 0.6) is 0 Å². The van der Waals surface area contributed by atoms with Gasteiger partial charge in [-0.15, -0.1) is 0 Å². The first-order valence-electron chi connectivity index (χ1n) is 6.18. The summed E-state index contributed by atoms with van der Waals surface area (Å²) < 4.78 is 5.20. The molecule has 0 radical (unpaired) electrons. The van der Waals surface area contributed by atoms with Gasteiger partial charge >= 0.3 is 6.03 Å². The van der Waals surface area contributed by atoms with Crippen LogP contribution in [0.3, 0.4) is 0 Å². The van der Waals surface area contributed by atoms with Gasteiger partial charge in [0.15, 0.2) is 0 Å². The molecule has 1 aromatic heterocycles. The van der Waals surface area contributed by atoms with Gasteiger partial charge in [0.25, 0.3) is 0 Å². The summed E-state index contributed by atoms with van der Waals surface area (Å²) in [5, 5.41) is 5.40. The van der Waals surface area contributed by atoms with E-state index in [1.807, 2.05) is 13.0 Å². The molecule has 0 bridgehead atoms. The summed E-state index contributed by atoms with van der Waals surface area (Å²) in [6.07, 6.45) is 2.21. The third-order valence-corrected chi connectivity index (χ3v) is 2.82. The molecule has 6 nitrogen and oxygen atoms in total. The highest BCUT2D eigenvalue weighted by Gasteiger charge is 2.25. The Bertz CT molecular complexity index is 426. The summed E-state index contributed by atoms with van der Waals surface area (Å²) in [5.74, 6) is 0.363. The number of hydrogen-bond acceptors (Lipinski definition) is 3. The Morgan fingerprint density at radius 3 is 2.68 bits per heavy atom. The molecule has 0 aromatic carbocycles. The van der Waals surface area contributed by atoms with E-state index in [-0.39, 0.29) is 18.6 Å². The maximum Gasteiger partial charge on any atom is 0.315 e. The molecule has 0 aliphatic carbocycles. The van der Waals surface area contributed by atoms with Gasteiger partial charge in [0.2, 0.25) is 5.91 Å². The van der Waals surface area contributed by atoms with E-state index in [9.17, 15) is 9.59 Å². The summed E-state index contributed by atoms with van der Waals surface area (Å²) in [6, 6.07) is 3.26. The van der Waals surface area contributed by atoms with Gasteiger partial charge in [-0.3, -0.25) is 4.79 Å². The van der Waals surface area contributed by atoms with Crippen molar-refractivity contribution in [2.24, 2.45) is 11.1 Å². The Balaban J connectivity index is 2.33. The van der Waals surface area contributed by atoms with Gasteiger partial charge in [-0.1, -0.05) is 0 Å². The first kappa shape index (κ1) is 15.1. The van der Waals surface area contributed by atoms with Crippen molar-refractivity contribution >= 4 is 11.9 Å². The average molecular weight is 267 g/mol. The maximum absolute atomic E-state index is 11.6. The van der Waals surface area contributed by atoms with Crippen LogP contribution in [-0.4, -0.2) is 24.5 Å². The van der Waals surface area contributed by atoms with Crippen LogP contribution in [0.1, 0.15) is 26.5 Å². The molecular formula is C13H21N3O3. The van der Waals surface area contributed by atoms with Crippen molar-refractivity contribution < 1.29 is 14.0 Å². The normalized spacial score (nSPS) is 12.8. The minimum absolute atomic E-state index is 0.0668. The third-order valence-electron chi connectivity index (χ3n) is 2.82. The molecule has 0 unspecified atom stereocenters. The predicted molar refractivity (Wildman–Crippen MR) is 71.4 cm³/mol. The van der Waals surface area contributed by atoms with E-state index in [1.165, 1.54) is 0 Å². The lowest BCUT2D eigenvalue weighted by Gasteiger charge is -2.21. The number of amides is 3.